The SMILES string of the molecule is CC(NC(=O)c1ccc(-n2cnc3ccccc32)cc1)c1ncc(-c2ccccc2)[nH]1. The molecule has 1 amide bonds. The van der Waals surface area contributed by atoms with E-state index < -0.39 is 0 Å². The number of aromatic amines is 1. The predicted octanol–water partition coefficient (Wildman–Crippen LogP) is 4.91. The normalized spacial score (nSPS) is 12.0. The number of rotatable bonds is 5. The van der Waals surface area contributed by atoms with Gasteiger partial charge in [-0.25, -0.2) is 9.97 Å². The lowest BCUT2D eigenvalue weighted by molar-refractivity contribution is 0.0938. The van der Waals surface area contributed by atoms with Gasteiger partial charge in [0.25, 0.3) is 5.91 Å². The summed E-state index contributed by atoms with van der Waals surface area (Å²) in [6.45, 7) is 1.91. The molecule has 1 unspecified atom stereocenters. The Hall–Kier alpha value is -4.19. The molecule has 0 aliphatic carbocycles. The molecular formula is C25H21N5O. The second kappa shape index (κ2) is 7.91. The molecule has 5 rings (SSSR count). The zero-order chi connectivity index (χ0) is 21.2. The van der Waals surface area contributed by atoms with Crippen LogP contribution >= 0.6 is 0 Å². The van der Waals surface area contributed by atoms with Crippen LogP contribution in [0.4, 0.5) is 0 Å². The van der Waals surface area contributed by atoms with Crippen molar-refractivity contribution in [3.63, 3.8) is 0 Å². The lowest BCUT2D eigenvalue weighted by Crippen LogP contribution is -2.27. The highest BCUT2D eigenvalue weighted by molar-refractivity contribution is 5.94. The number of hydrogen-bond acceptors (Lipinski definition) is 3. The van der Waals surface area contributed by atoms with E-state index in [4.69, 9.17) is 0 Å². The molecule has 2 heterocycles. The Morgan fingerprint density at radius 3 is 2.48 bits per heavy atom. The summed E-state index contributed by atoms with van der Waals surface area (Å²) in [7, 11) is 0. The highest BCUT2D eigenvalue weighted by Crippen LogP contribution is 2.20. The molecule has 0 saturated heterocycles. The van der Waals surface area contributed by atoms with Gasteiger partial charge in [-0.2, -0.15) is 0 Å². The van der Waals surface area contributed by atoms with E-state index in [-0.39, 0.29) is 11.9 Å². The largest absolute Gasteiger partial charge is 0.342 e. The standard InChI is InChI=1S/C25H21N5O/c1-17(24-26-15-22(29-24)18-7-3-2-4-8-18)28-25(31)19-11-13-20(14-12-19)30-16-27-21-9-5-6-10-23(21)30/h2-17H,1H3,(H,26,29)(H,28,31). The minimum absolute atomic E-state index is 0.146. The molecule has 0 aliphatic rings. The monoisotopic (exact) mass is 407 g/mol. The van der Waals surface area contributed by atoms with Crippen molar-refractivity contribution in [2.45, 2.75) is 13.0 Å². The summed E-state index contributed by atoms with van der Waals surface area (Å²) in [5, 5.41) is 3.01. The second-order valence-corrected chi connectivity index (χ2v) is 7.39. The number of amides is 1. The first kappa shape index (κ1) is 18.8. The molecule has 0 aliphatic heterocycles. The molecule has 6 heteroatoms. The third kappa shape index (κ3) is 3.71. The van der Waals surface area contributed by atoms with E-state index in [2.05, 4.69) is 20.3 Å². The molecule has 152 valence electrons. The molecule has 3 aromatic carbocycles. The molecule has 31 heavy (non-hydrogen) atoms. The van der Waals surface area contributed by atoms with Crippen LogP contribution in [0.25, 0.3) is 28.0 Å². The molecule has 0 fully saturated rings. The maximum atomic E-state index is 12.7. The van der Waals surface area contributed by atoms with Crippen molar-refractivity contribution in [1.29, 1.82) is 0 Å². The molecule has 0 bridgehead atoms. The van der Waals surface area contributed by atoms with E-state index in [9.17, 15) is 4.79 Å². The van der Waals surface area contributed by atoms with Crippen LogP contribution in [-0.4, -0.2) is 25.4 Å². The first-order valence-electron chi connectivity index (χ1n) is 10.1. The van der Waals surface area contributed by atoms with E-state index in [1.807, 2.05) is 90.4 Å². The first-order valence-corrected chi connectivity index (χ1v) is 10.1. The van der Waals surface area contributed by atoms with Crippen molar-refractivity contribution in [3.8, 4) is 16.9 Å². The third-order valence-electron chi connectivity index (χ3n) is 5.30. The smallest absolute Gasteiger partial charge is 0.251 e. The Labute approximate surface area is 179 Å². The van der Waals surface area contributed by atoms with Crippen LogP contribution in [0, 0.1) is 0 Å². The number of H-pyrrole nitrogens is 1. The van der Waals surface area contributed by atoms with Gasteiger partial charge in [0.05, 0.1) is 29.0 Å². The summed E-state index contributed by atoms with van der Waals surface area (Å²) >= 11 is 0. The summed E-state index contributed by atoms with van der Waals surface area (Å²) in [5.41, 5.74) is 5.49. The number of fused-ring (bicyclic) bond motifs is 1. The number of imidazole rings is 2. The van der Waals surface area contributed by atoms with Gasteiger partial charge >= 0.3 is 0 Å². The van der Waals surface area contributed by atoms with Gasteiger partial charge < -0.3 is 10.3 Å². The molecule has 2 N–H and O–H groups in total. The van der Waals surface area contributed by atoms with E-state index in [1.54, 1.807) is 12.5 Å². The van der Waals surface area contributed by atoms with Crippen LogP contribution in [0.2, 0.25) is 0 Å². The maximum Gasteiger partial charge on any atom is 0.251 e. The van der Waals surface area contributed by atoms with Crippen LogP contribution in [0.15, 0.2) is 91.4 Å². The summed E-state index contributed by atoms with van der Waals surface area (Å²) in [6, 6.07) is 25.2. The summed E-state index contributed by atoms with van der Waals surface area (Å²) in [4.78, 5) is 24.9. The van der Waals surface area contributed by atoms with Gasteiger partial charge in [-0.3, -0.25) is 9.36 Å². The Bertz CT molecular complexity index is 1340. The van der Waals surface area contributed by atoms with Crippen LogP contribution in [-0.2, 0) is 0 Å². The average molecular weight is 407 g/mol. The van der Waals surface area contributed by atoms with E-state index in [0.717, 1.165) is 28.0 Å². The van der Waals surface area contributed by atoms with Crippen LogP contribution < -0.4 is 5.32 Å². The van der Waals surface area contributed by atoms with Crippen molar-refractivity contribution in [3.05, 3.63) is 103 Å². The van der Waals surface area contributed by atoms with E-state index >= 15 is 0 Å². The number of hydrogen-bond donors (Lipinski definition) is 2. The lowest BCUT2D eigenvalue weighted by atomic mass is 10.1. The molecule has 2 aromatic heterocycles. The fourth-order valence-corrected chi connectivity index (χ4v) is 3.61. The number of benzene rings is 3. The fraction of sp³-hybridized carbons (Fsp3) is 0.0800. The highest BCUT2D eigenvalue weighted by Gasteiger charge is 2.15. The van der Waals surface area contributed by atoms with Crippen LogP contribution in [0.3, 0.4) is 0 Å². The zero-order valence-electron chi connectivity index (χ0n) is 17.0. The molecule has 6 nitrogen and oxygen atoms in total. The highest BCUT2D eigenvalue weighted by atomic mass is 16.1. The maximum absolute atomic E-state index is 12.7. The number of nitrogens with zero attached hydrogens (tertiary/aromatic N) is 3. The van der Waals surface area contributed by atoms with Gasteiger partial charge in [0.2, 0.25) is 0 Å². The van der Waals surface area contributed by atoms with Crippen molar-refractivity contribution in [2.24, 2.45) is 0 Å². The van der Waals surface area contributed by atoms with Gasteiger partial charge in [0, 0.05) is 11.3 Å². The Morgan fingerprint density at radius 2 is 1.68 bits per heavy atom. The van der Waals surface area contributed by atoms with Gasteiger partial charge in [0.15, 0.2) is 0 Å². The topological polar surface area (TPSA) is 75.6 Å². The van der Waals surface area contributed by atoms with Gasteiger partial charge in [0.1, 0.15) is 12.2 Å². The molecular weight excluding hydrogens is 386 g/mol. The summed E-state index contributed by atoms with van der Waals surface area (Å²) in [6.07, 6.45) is 3.58. The van der Waals surface area contributed by atoms with Crippen LogP contribution in [0.5, 0.6) is 0 Å². The average Bonchev–Trinajstić information content (AvgIpc) is 3.48. The number of para-hydroxylation sites is 2. The Morgan fingerprint density at radius 1 is 0.935 bits per heavy atom. The third-order valence-corrected chi connectivity index (χ3v) is 5.30. The number of carbonyl (C=O) groups excluding carboxylic acids is 1. The van der Waals surface area contributed by atoms with E-state index in [0.29, 0.717) is 11.4 Å². The van der Waals surface area contributed by atoms with E-state index in [1.165, 1.54) is 0 Å². The molecule has 0 radical (unpaired) electrons. The molecule has 1 atom stereocenters. The summed E-state index contributed by atoms with van der Waals surface area (Å²) < 4.78 is 2.01. The molecule has 0 spiro atoms. The van der Waals surface area contributed by atoms with Crippen molar-refractivity contribution in [1.82, 2.24) is 24.8 Å². The summed E-state index contributed by atoms with van der Waals surface area (Å²) in [5.74, 6) is 0.570. The Balaban J connectivity index is 1.30. The number of carbonyl (C=O) groups is 1. The quantitative estimate of drug-likeness (QED) is 0.435. The zero-order valence-corrected chi connectivity index (χ0v) is 17.0. The van der Waals surface area contributed by atoms with Crippen molar-refractivity contribution in [2.75, 3.05) is 0 Å². The lowest BCUT2D eigenvalue weighted by Gasteiger charge is -2.12. The number of aromatic nitrogens is 4. The Kier molecular flexibility index (Phi) is 4.80. The van der Waals surface area contributed by atoms with Crippen LogP contribution in [0.1, 0.15) is 29.1 Å². The first-order chi connectivity index (χ1) is 15.2. The van der Waals surface area contributed by atoms with Crippen molar-refractivity contribution >= 4 is 16.9 Å². The van der Waals surface area contributed by atoms with Gasteiger partial charge in [-0.1, -0.05) is 42.5 Å². The van der Waals surface area contributed by atoms with Gasteiger partial charge in [-0.05, 0) is 48.9 Å². The fourth-order valence-electron chi connectivity index (χ4n) is 3.61. The minimum atomic E-state index is -0.248. The predicted molar refractivity (Wildman–Crippen MR) is 121 cm³/mol. The molecule has 5 aromatic rings. The van der Waals surface area contributed by atoms with Gasteiger partial charge in [-0.15, -0.1) is 0 Å². The molecule has 0 saturated carbocycles. The number of nitrogens with one attached hydrogen (secondary N) is 2. The second-order valence-electron chi connectivity index (χ2n) is 7.39. The van der Waals surface area contributed by atoms with Crippen molar-refractivity contribution < 1.29 is 4.79 Å². The minimum Gasteiger partial charge on any atom is -0.342 e.